The van der Waals surface area contributed by atoms with Crippen LogP contribution in [-0.2, 0) is 10.8 Å². The van der Waals surface area contributed by atoms with Gasteiger partial charge in [-0.1, -0.05) is 60.3 Å². The molecule has 0 bridgehead atoms. The van der Waals surface area contributed by atoms with Crippen LogP contribution in [0.3, 0.4) is 0 Å². The van der Waals surface area contributed by atoms with Crippen LogP contribution in [0.2, 0.25) is 0 Å². The van der Waals surface area contributed by atoms with Gasteiger partial charge in [-0.25, -0.2) is 9.98 Å². The molecular weight excluding hydrogens is 360 g/mol. The standard InChI is InChI=1S/C25H30N2O2/c1-15-21(16-10-9-11-18(12-16)29-8)27-23(26-15)17-13-19(24(2,3)4)22(28)20(14-17)25(5,6)7/h9-14,28H,1H2,2-8H3. The van der Waals surface area contributed by atoms with Crippen molar-refractivity contribution in [1.29, 1.82) is 0 Å². The summed E-state index contributed by atoms with van der Waals surface area (Å²) in [5.41, 5.74) is 4.51. The summed E-state index contributed by atoms with van der Waals surface area (Å²) in [7, 11) is 1.64. The average molecular weight is 391 g/mol. The van der Waals surface area contributed by atoms with E-state index in [1.807, 2.05) is 36.4 Å². The monoisotopic (exact) mass is 390 g/mol. The number of rotatable bonds is 3. The highest BCUT2D eigenvalue weighted by atomic mass is 16.5. The van der Waals surface area contributed by atoms with Gasteiger partial charge in [0.1, 0.15) is 11.5 Å². The summed E-state index contributed by atoms with van der Waals surface area (Å²) in [5, 5.41) is 11.0. The van der Waals surface area contributed by atoms with E-state index in [0.29, 0.717) is 17.3 Å². The molecule has 0 fully saturated rings. The molecule has 2 aromatic carbocycles. The molecule has 0 aliphatic carbocycles. The molecule has 0 aromatic heterocycles. The first-order valence-corrected chi connectivity index (χ1v) is 9.81. The van der Waals surface area contributed by atoms with Crippen LogP contribution in [0.4, 0.5) is 0 Å². The number of aromatic hydroxyl groups is 1. The van der Waals surface area contributed by atoms with Crippen molar-refractivity contribution in [3.8, 4) is 11.5 Å². The van der Waals surface area contributed by atoms with E-state index in [0.717, 1.165) is 33.7 Å². The zero-order chi connectivity index (χ0) is 21.6. The average Bonchev–Trinajstić information content (AvgIpc) is 3.01. The molecule has 0 unspecified atom stereocenters. The van der Waals surface area contributed by atoms with Crippen LogP contribution in [0.25, 0.3) is 0 Å². The van der Waals surface area contributed by atoms with E-state index in [-0.39, 0.29) is 10.8 Å². The van der Waals surface area contributed by atoms with Crippen molar-refractivity contribution >= 4 is 11.5 Å². The van der Waals surface area contributed by atoms with Gasteiger partial charge in [-0.15, -0.1) is 0 Å². The van der Waals surface area contributed by atoms with E-state index in [2.05, 4.69) is 53.1 Å². The lowest BCUT2D eigenvalue weighted by Crippen LogP contribution is -2.18. The van der Waals surface area contributed by atoms with Gasteiger partial charge in [0.05, 0.1) is 18.5 Å². The van der Waals surface area contributed by atoms with E-state index < -0.39 is 0 Å². The van der Waals surface area contributed by atoms with Gasteiger partial charge in [0.15, 0.2) is 5.84 Å². The van der Waals surface area contributed by atoms with Crippen LogP contribution in [-0.4, -0.2) is 23.8 Å². The van der Waals surface area contributed by atoms with Gasteiger partial charge in [-0.05, 0) is 35.1 Å². The smallest absolute Gasteiger partial charge is 0.160 e. The number of benzene rings is 2. The van der Waals surface area contributed by atoms with E-state index in [1.165, 1.54) is 0 Å². The highest BCUT2D eigenvalue weighted by Gasteiger charge is 2.28. The Morgan fingerprint density at radius 2 is 1.45 bits per heavy atom. The Bertz CT molecular complexity index is 997. The maximum atomic E-state index is 11.0. The third kappa shape index (κ3) is 4.12. The summed E-state index contributed by atoms with van der Waals surface area (Å²) in [4.78, 5) is 9.43. The van der Waals surface area contributed by atoms with Crippen LogP contribution in [0.1, 0.15) is 63.8 Å². The summed E-state index contributed by atoms with van der Waals surface area (Å²) in [6.07, 6.45) is 0. The Balaban J connectivity index is 2.14. The molecular formula is C25H30N2O2. The molecule has 0 spiro atoms. The number of aliphatic imine (C=N–C) groups is 2. The van der Waals surface area contributed by atoms with Gasteiger partial charge in [-0.2, -0.15) is 0 Å². The number of phenols is 1. The van der Waals surface area contributed by atoms with Crippen LogP contribution >= 0.6 is 0 Å². The molecule has 3 rings (SSSR count). The number of ether oxygens (including phenoxy) is 1. The Morgan fingerprint density at radius 1 is 0.862 bits per heavy atom. The first kappa shape index (κ1) is 20.8. The Kier molecular flexibility index (Phi) is 5.16. The minimum Gasteiger partial charge on any atom is -0.507 e. The van der Waals surface area contributed by atoms with Crippen molar-refractivity contribution in [2.24, 2.45) is 9.98 Å². The van der Waals surface area contributed by atoms with Crippen molar-refractivity contribution in [2.45, 2.75) is 52.4 Å². The first-order chi connectivity index (χ1) is 13.4. The number of phenolic OH excluding ortho intramolecular Hbond substituents is 1. The van der Waals surface area contributed by atoms with Crippen molar-refractivity contribution in [3.63, 3.8) is 0 Å². The van der Waals surface area contributed by atoms with Crippen molar-refractivity contribution < 1.29 is 9.84 Å². The normalized spacial score (nSPS) is 14.7. The largest absolute Gasteiger partial charge is 0.507 e. The third-order valence-electron chi connectivity index (χ3n) is 5.06. The van der Waals surface area contributed by atoms with Crippen LogP contribution in [0.15, 0.2) is 58.7 Å². The predicted molar refractivity (Wildman–Crippen MR) is 121 cm³/mol. The van der Waals surface area contributed by atoms with Gasteiger partial charge >= 0.3 is 0 Å². The van der Waals surface area contributed by atoms with Crippen LogP contribution in [0.5, 0.6) is 11.5 Å². The molecule has 29 heavy (non-hydrogen) atoms. The first-order valence-electron chi connectivity index (χ1n) is 9.81. The van der Waals surface area contributed by atoms with Crippen molar-refractivity contribution in [3.05, 3.63) is 70.9 Å². The summed E-state index contributed by atoms with van der Waals surface area (Å²) in [6, 6.07) is 11.7. The van der Waals surface area contributed by atoms with Crippen molar-refractivity contribution in [1.82, 2.24) is 0 Å². The molecule has 1 N–H and O–H groups in total. The Morgan fingerprint density at radius 3 is 1.97 bits per heavy atom. The second-order valence-electron chi connectivity index (χ2n) is 9.49. The third-order valence-corrected chi connectivity index (χ3v) is 5.06. The number of amidine groups is 1. The van der Waals surface area contributed by atoms with Crippen LogP contribution < -0.4 is 4.74 Å². The quantitative estimate of drug-likeness (QED) is 0.724. The van der Waals surface area contributed by atoms with Gasteiger partial charge in [0.2, 0.25) is 0 Å². The molecule has 0 saturated carbocycles. The number of nitrogens with zero attached hydrogens (tertiary/aromatic N) is 2. The minimum absolute atomic E-state index is 0.213. The SMILES string of the molecule is C=C1N=C(c2cc(C(C)(C)C)c(O)c(C(C)(C)C)c2)N=C1c1cccc(OC)c1. The highest BCUT2D eigenvalue weighted by molar-refractivity contribution is 6.24. The second kappa shape index (κ2) is 7.18. The molecule has 152 valence electrons. The number of hydrogen-bond acceptors (Lipinski definition) is 4. The summed E-state index contributed by atoms with van der Waals surface area (Å²) < 4.78 is 5.33. The molecule has 4 nitrogen and oxygen atoms in total. The number of allylic oxidation sites excluding steroid dienone is 1. The molecule has 0 atom stereocenters. The fraction of sp³-hybridized carbons (Fsp3) is 0.360. The fourth-order valence-corrected chi connectivity index (χ4v) is 3.41. The topological polar surface area (TPSA) is 54.2 Å². The molecule has 4 heteroatoms. The van der Waals surface area contributed by atoms with Gasteiger partial charge in [0.25, 0.3) is 0 Å². The fourth-order valence-electron chi connectivity index (χ4n) is 3.41. The zero-order valence-electron chi connectivity index (χ0n) is 18.4. The molecule has 0 amide bonds. The van der Waals surface area contributed by atoms with Gasteiger partial charge in [0, 0.05) is 22.3 Å². The lowest BCUT2D eigenvalue weighted by molar-refractivity contribution is 0.414. The van der Waals surface area contributed by atoms with E-state index in [4.69, 9.17) is 9.73 Å². The predicted octanol–water partition coefficient (Wildman–Crippen LogP) is 5.76. The van der Waals surface area contributed by atoms with Crippen molar-refractivity contribution in [2.75, 3.05) is 7.11 Å². The van der Waals surface area contributed by atoms with Crippen LogP contribution in [0, 0.1) is 0 Å². The highest BCUT2D eigenvalue weighted by Crippen LogP contribution is 2.40. The van der Waals surface area contributed by atoms with Gasteiger partial charge in [-0.3, -0.25) is 0 Å². The number of hydrogen-bond donors (Lipinski definition) is 1. The molecule has 0 saturated heterocycles. The minimum atomic E-state index is -0.213. The molecule has 1 heterocycles. The molecule has 1 aliphatic rings. The lowest BCUT2D eigenvalue weighted by atomic mass is 9.78. The summed E-state index contributed by atoms with van der Waals surface area (Å²) in [6.45, 7) is 16.7. The van der Waals surface area contributed by atoms with E-state index >= 15 is 0 Å². The second-order valence-corrected chi connectivity index (χ2v) is 9.49. The summed E-state index contributed by atoms with van der Waals surface area (Å²) >= 11 is 0. The van der Waals surface area contributed by atoms with E-state index in [9.17, 15) is 5.11 Å². The molecule has 0 radical (unpaired) electrons. The molecule has 1 aliphatic heterocycles. The number of methoxy groups -OCH3 is 1. The lowest BCUT2D eigenvalue weighted by Gasteiger charge is -2.28. The Hall–Kier alpha value is -2.88. The van der Waals surface area contributed by atoms with E-state index in [1.54, 1.807) is 7.11 Å². The maximum absolute atomic E-state index is 11.0. The van der Waals surface area contributed by atoms with Gasteiger partial charge < -0.3 is 9.84 Å². The molecule has 2 aromatic rings. The summed E-state index contributed by atoms with van der Waals surface area (Å²) in [5.74, 6) is 1.73. The maximum Gasteiger partial charge on any atom is 0.160 e. The zero-order valence-corrected chi connectivity index (χ0v) is 18.4. The Labute approximate surface area is 173 Å².